The number of carbonyl (C=O) groups is 1. The van der Waals surface area contributed by atoms with Crippen LogP contribution in [0.2, 0.25) is 0 Å². The molecule has 0 aromatic rings. The van der Waals surface area contributed by atoms with Gasteiger partial charge in [0.05, 0.1) is 6.10 Å². The quantitative estimate of drug-likeness (QED) is 0.424. The Labute approximate surface area is 172 Å². The molecule has 2 aliphatic carbocycles. The Hall–Kier alpha value is -1.09. The second kappa shape index (κ2) is 9.15. The molecule has 160 valence electrons. The van der Waals surface area contributed by atoms with E-state index in [2.05, 4.69) is 46.8 Å². The lowest BCUT2D eigenvalue weighted by Crippen LogP contribution is -2.54. The number of rotatable bonds is 7. The van der Waals surface area contributed by atoms with Crippen LogP contribution in [0, 0.1) is 28.6 Å². The standard InChI is InChI=1S/C25H42O3/c1-17(2)16-23(27)28-15-13-18(3)8-10-20-19(4)9-11-21-24(5,6)22(26)12-14-25(20,21)7/h9,13,17,20-22,26H,8,10-12,14-16H2,1-7H3/b18-13+/t20-,21-,22+,25-/m1/s1. The van der Waals surface area contributed by atoms with Gasteiger partial charge in [-0.2, -0.15) is 0 Å². The number of allylic oxidation sites excluding steroid dienone is 3. The van der Waals surface area contributed by atoms with E-state index in [1.165, 1.54) is 11.1 Å². The first-order valence-electron chi connectivity index (χ1n) is 11.1. The van der Waals surface area contributed by atoms with Crippen LogP contribution >= 0.6 is 0 Å². The predicted molar refractivity (Wildman–Crippen MR) is 116 cm³/mol. The second-order valence-electron chi connectivity index (χ2n) is 10.5. The zero-order valence-corrected chi connectivity index (χ0v) is 19.2. The van der Waals surface area contributed by atoms with Gasteiger partial charge in [0.1, 0.15) is 6.61 Å². The molecule has 2 rings (SSSR count). The minimum atomic E-state index is -0.194. The van der Waals surface area contributed by atoms with Crippen molar-refractivity contribution >= 4 is 5.97 Å². The molecule has 0 unspecified atom stereocenters. The highest BCUT2D eigenvalue weighted by molar-refractivity contribution is 5.69. The number of aliphatic hydroxyl groups excluding tert-OH is 1. The fourth-order valence-electron chi connectivity index (χ4n) is 5.73. The summed E-state index contributed by atoms with van der Waals surface area (Å²) < 4.78 is 5.33. The van der Waals surface area contributed by atoms with Crippen molar-refractivity contribution in [2.24, 2.45) is 28.6 Å². The van der Waals surface area contributed by atoms with Gasteiger partial charge in [-0.25, -0.2) is 0 Å². The lowest BCUT2D eigenvalue weighted by Gasteiger charge is -2.58. The van der Waals surface area contributed by atoms with E-state index in [-0.39, 0.29) is 22.9 Å². The van der Waals surface area contributed by atoms with Crippen molar-refractivity contribution in [1.29, 1.82) is 0 Å². The Balaban J connectivity index is 1.99. The van der Waals surface area contributed by atoms with Gasteiger partial charge in [0, 0.05) is 6.42 Å². The summed E-state index contributed by atoms with van der Waals surface area (Å²) in [5.41, 5.74) is 3.04. The maximum Gasteiger partial charge on any atom is 0.306 e. The van der Waals surface area contributed by atoms with Gasteiger partial charge >= 0.3 is 5.97 Å². The summed E-state index contributed by atoms with van der Waals surface area (Å²) in [6.07, 6.45) is 10.0. The maximum atomic E-state index is 11.7. The molecule has 0 amide bonds. The molecule has 0 bridgehead atoms. The largest absolute Gasteiger partial charge is 0.461 e. The first-order chi connectivity index (χ1) is 13.0. The normalized spacial score (nSPS) is 32.7. The average Bonchev–Trinajstić information content (AvgIpc) is 2.57. The summed E-state index contributed by atoms with van der Waals surface area (Å²) in [7, 11) is 0. The van der Waals surface area contributed by atoms with Crippen molar-refractivity contribution in [1.82, 2.24) is 0 Å². The van der Waals surface area contributed by atoms with Gasteiger partial charge in [-0.1, -0.05) is 51.8 Å². The summed E-state index contributed by atoms with van der Waals surface area (Å²) in [5.74, 6) is 1.32. The van der Waals surface area contributed by atoms with Gasteiger partial charge in [-0.05, 0) is 80.6 Å². The second-order valence-corrected chi connectivity index (χ2v) is 10.5. The lowest BCUT2D eigenvalue weighted by molar-refractivity contribution is -0.143. The summed E-state index contributed by atoms with van der Waals surface area (Å²) in [6.45, 7) is 15.8. The van der Waals surface area contributed by atoms with E-state index in [4.69, 9.17) is 4.74 Å². The molecule has 3 heteroatoms. The van der Waals surface area contributed by atoms with Crippen molar-refractivity contribution in [2.75, 3.05) is 6.61 Å². The van der Waals surface area contributed by atoms with E-state index in [0.29, 0.717) is 30.8 Å². The van der Waals surface area contributed by atoms with E-state index in [1.807, 2.05) is 13.8 Å². The SMILES string of the molecule is CC1=CC[C@@H]2C(C)(C)[C@@H](O)CC[C@]2(C)[C@@H]1CC/C(C)=C/COC(=O)CC(C)C. The number of esters is 1. The lowest BCUT2D eigenvalue weighted by atomic mass is 9.47. The van der Waals surface area contributed by atoms with Crippen LogP contribution in [0.1, 0.15) is 87.0 Å². The van der Waals surface area contributed by atoms with E-state index in [0.717, 1.165) is 32.1 Å². The van der Waals surface area contributed by atoms with Crippen LogP contribution in [0.4, 0.5) is 0 Å². The molecule has 2 aliphatic rings. The zero-order valence-electron chi connectivity index (χ0n) is 19.2. The van der Waals surface area contributed by atoms with E-state index in [9.17, 15) is 9.90 Å². The number of carbonyl (C=O) groups excluding carboxylic acids is 1. The average molecular weight is 391 g/mol. The van der Waals surface area contributed by atoms with Crippen molar-refractivity contribution in [3.8, 4) is 0 Å². The van der Waals surface area contributed by atoms with Crippen LogP contribution in [-0.2, 0) is 9.53 Å². The van der Waals surface area contributed by atoms with Gasteiger partial charge in [0.25, 0.3) is 0 Å². The monoisotopic (exact) mass is 390 g/mol. The van der Waals surface area contributed by atoms with Gasteiger partial charge < -0.3 is 9.84 Å². The Morgan fingerprint density at radius 1 is 1.36 bits per heavy atom. The molecular formula is C25H42O3. The smallest absolute Gasteiger partial charge is 0.306 e. The molecule has 0 heterocycles. The molecular weight excluding hydrogens is 348 g/mol. The van der Waals surface area contributed by atoms with Crippen LogP contribution in [0.5, 0.6) is 0 Å². The topological polar surface area (TPSA) is 46.5 Å². The van der Waals surface area contributed by atoms with Crippen molar-refractivity contribution < 1.29 is 14.6 Å². The third-order valence-electron chi connectivity index (χ3n) is 7.61. The van der Waals surface area contributed by atoms with Crippen LogP contribution in [0.3, 0.4) is 0 Å². The van der Waals surface area contributed by atoms with E-state index < -0.39 is 0 Å². The number of hydrogen-bond acceptors (Lipinski definition) is 3. The molecule has 28 heavy (non-hydrogen) atoms. The first kappa shape index (κ1) is 23.2. The van der Waals surface area contributed by atoms with Crippen molar-refractivity contribution in [2.45, 2.75) is 93.1 Å². The third kappa shape index (κ3) is 5.09. The van der Waals surface area contributed by atoms with Crippen LogP contribution < -0.4 is 0 Å². The fraction of sp³-hybridized carbons (Fsp3) is 0.800. The summed E-state index contributed by atoms with van der Waals surface area (Å²) in [4.78, 5) is 11.7. The molecule has 0 aromatic heterocycles. The molecule has 0 spiro atoms. The molecule has 3 nitrogen and oxygen atoms in total. The van der Waals surface area contributed by atoms with Crippen molar-refractivity contribution in [3.05, 3.63) is 23.3 Å². The Morgan fingerprint density at radius 3 is 2.68 bits per heavy atom. The molecule has 0 aromatic carbocycles. The molecule has 1 saturated carbocycles. The minimum absolute atomic E-state index is 0.0298. The molecule has 4 atom stereocenters. The van der Waals surface area contributed by atoms with Gasteiger partial charge in [0.15, 0.2) is 0 Å². The first-order valence-corrected chi connectivity index (χ1v) is 11.1. The minimum Gasteiger partial charge on any atom is -0.461 e. The molecule has 0 saturated heterocycles. The van der Waals surface area contributed by atoms with Gasteiger partial charge in [-0.15, -0.1) is 0 Å². The molecule has 1 N–H and O–H groups in total. The third-order valence-corrected chi connectivity index (χ3v) is 7.61. The van der Waals surface area contributed by atoms with Crippen molar-refractivity contribution in [3.63, 3.8) is 0 Å². The highest BCUT2D eigenvalue weighted by Crippen LogP contribution is 2.60. The van der Waals surface area contributed by atoms with Crippen LogP contribution in [0.15, 0.2) is 23.3 Å². The van der Waals surface area contributed by atoms with Gasteiger partial charge in [-0.3, -0.25) is 4.79 Å². The fourth-order valence-corrected chi connectivity index (χ4v) is 5.73. The molecule has 0 aliphatic heterocycles. The predicted octanol–water partition coefficient (Wildman–Crippen LogP) is 6.07. The number of fused-ring (bicyclic) bond motifs is 1. The Morgan fingerprint density at radius 2 is 2.04 bits per heavy atom. The molecule has 1 fully saturated rings. The maximum absolute atomic E-state index is 11.7. The van der Waals surface area contributed by atoms with Gasteiger partial charge in [0.2, 0.25) is 0 Å². The number of ether oxygens (including phenoxy) is 1. The summed E-state index contributed by atoms with van der Waals surface area (Å²) in [5, 5.41) is 10.6. The Kier molecular flexibility index (Phi) is 7.58. The summed E-state index contributed by atoms with van der Waals surface area (Å²) >= 11 is 0. The van der Waals surface area contributed by atoms with Crippen LogP contribution in [-0.4, -0.2) is 23.8 Å². The Bertz CT molecular complexity index is 613. The van der Waals surface area contributed by atoms with E-state index >= 15 is 0 Å². The zero-order chi connectivity index (χ0) is 21.1. The number of hydrogen-bond donors (Lipinski definition) is 1. The molecule has 0 radical (unpaired) electrons. The summed E-state index contributed by atoms with van der Waals surface area (Å²) in [6, 6.07) is 0. The highest BCUT2D eigenvalue weighted by Gasteiger charge is 2.54. The highest BCUT2D eigenvalue weighted by atomic mass is 16.5. The van der Waals surface area contributed by atoms with E-state index in [1.54, 1.807) is 0 Å². The number of aliphatic hydroxyl groups is 1. The van der Waals surface area contributed by atoms with Crippen LogP contribution in [0.25, 0.3) is 0 Å².